The first-order valence-electron chi connectivity index (χ1n) is 7.15. The largest absolute Gasteiger partial charge is 0.316 e. The molecule has 1 saturated heterocycles. The summed E-state index contributed by atoms with van der Waals surface area (Å²) < 4.78 is 0. The summed E-state index contributed by atoms with van der Waals surface area (Å²) in [4.78, 5) is 2.54. The number of likely N-dealkylation sites (N-methyl/N-ethyl adjacent to an activating group) is 1. The van der Waals surface area contributed by atoms with Crippen molar-refractivity contribution in [3.63, 3.8) is 0 Å². The minimum atomic E-state index is 0. The van der Waals surface area contributed by atoms with Crippen molar-refractivity contribution in [3.05, 3.63) is 35.4 Å². The van der Waals surface area contributed by atoms with E-state index in [2.05, 4.69) is 55.4 Å². The quantitative estimate of drug-likeness (QED) is 0.893. The minimum Gasteiger partial charge on any atom is -0.316 e. The van der Waals surface area contributed by atoms with Gasteiger partial charge in [-0.05, 0) is 36.9 Å². The fourth-order valence-corrected chi connectivity index (χ4v) is 2.72. The fraction of sp³-hybridized carbons (Fsp3) is 0.625. The Hall–Kier alpha value is -0.570. The zero-order valence-electron chi connectivity index (χ0n) is 12.4. The van der Waals surface area contributed by atoms with Crippen molar-refractivity contribution in [2.24, 2.45) is 5.92 Å². The maximum absolute atomic E-state index is 3.37. The highest BCUT2D eigenvalue weighted by molar-refractivity contribution is 5.85. The molecule has 1 aromatic carbocycles. The molecule has 1 fully saturated rings. The molecule has 2 nitrogen and oxygen atoms in total. The summed E-state index contributed by atoms with van der Waals surface area (Å²) in [6.07, 6.45) is 2.47. The summed E-state index contributed by atoms with van der Waals surface area (Å²) in [6, 6.07) is 9.86. The van der Waals surface area contributed by atoms with Crippen LogP contribution in [0, 0.1) is 5.92 Å². The lowest BCUT2D eigenvalue weighted by molar-refractivity contribution is 0.322. The van der Waals surface area contributed by atoms with Gasteiger partial charge in [0.1, 0.15) is 0 Å². The summed E-state index contributed by atoms with van der Waals surface area (Å²) in [5, 5.41) is 3.37. The molecule has 1 atom stereocenters. The molecule has 1 unspecified atom stereocenters. The average Bonchev–Trinajstić information content (AvgIpc) is 2.79. The molecule has 0 aliphatic carbocycles. The standard InChI is InChI=1S/C16H26N2.ClH/c1-13(2)10-14-4-6-15(7-5-14)11-18-9-8-16(12-18)17-3;/h4-7,13,16-17H,8-12H2,1-3H3;1H. The monoisotopic (exact) mass is 282 g/mol. The summed E-state index contributed by atoms with van der Waals surface area (Å²) in [6.45, 7) is 8.05. The van der Waals surface area contributed by atoms with Crippen LogP contribution in [0.15, 0.2) is 24.3 Å². The molecule has 1 aliphatic rings. The van der Waals surface area contributed by atoms with Gasteiger partial charge in [-0.3, -0.25) is 4.90 Å². The fourth-order valence-electron chi connectivity index (χ4n) is 2.72. The smallest absolute Gasteiger partial charge is 0.0234 e. The van der Waals surface area contributed by atoms with Crippen molar-refractivity contribution in [2.75, 3.05) is 20.1 Å². The van der Waals surface area contributed by atoms with Gasteiger partial charge >= 0.3 is 0 Å². The highest BCUT2D eigenvalue weighted by Crippen LogP contribution is 2.15. The summed E-state index contributed by atoms with van der Waals surface area (Å²) in [5.41, 5.74) is 2.91. The van der Waals surface area contributed by atoms with Crippen LogP contribution in [0.3, 0.4) is 0 Å². The van der Waals surface area contributed by atoms with Crippen LogP contribution in [0.5, 0.6) is 0 Å². The predicted molar refractivity (Wildman–Crippen MR) is 85.0 cm³/mol. The van der Waals surface area contributed by atoms with Crippen LogP contribution in [-0.4, -0.2) is 31.1 Å². The highest BCUT2D eigenvalue weighted by Gasteiger charge is 2.20. The zero-order valence-corrected chi connectivity index (χ0v) is 13.2. The third-order valence-electron chi connectivity index (χ3n) is 3.75. The third-order valence-corrected chi connectivity index (χ3v) is 3.75. The van der Waals surface area contributed by atoms with E-state index in [0.29, 0.717) is 6.04 Å². The molecular formula is C16H27ClN2. The Balaban J connectivity index is 0.00000180. The van der Waals surface area contributed by atoms with E-state index in [1.54, 1.807) is 0 Å². The van der Waals surface area contributed by atoms with Crippen molar-refractivity contribution in [3.8, 4) is 0 Å². The molecule has 0 aromatic heterocycles. The molecule has 108 valence electrons. The maximum Gasteiger partial charge on any atom is 0.0234 e. The van der Waals surface area contributed by atoms with Crippen LogP contribution >= 0.6 is 12.4 Å². The second kappa shape index (κ2) is 7.88. The normalized spacial score (nSPS) is 19.7. The number of likely N-dealkylation sites (tertiary alicyclic amines) is 1. The van der Waals surface area contributed by atoms with Crippen molar-refractivity contribution in [2.45, 2.75) is 39.3 Å². The van der Waals surface area contributed by atoms with E-state index in [0.717, 1.165) is 12.5 Å². The Bertz CT molecular complexity index is 362. The summed E-state index contributed by atoms with van der Waals surface area (Å²) >= 11 is 0. The van der Waals surface area contributed by atoms with E-state index in [4.69, 9.17) is 0 Å². The third kappa shape index (κ3) is 5.13. The van der Waals surface area contributed by atoms with E-state index in [1.807, 2.05) is 0 Å². The Morgan fingerprint density at radius 3 is 2.37 bits per heavy atom. The molecule has 0 bridgehead atoms. The van der Waals surface area contributed by atoms with Gasteiger partial charge in [0.15, 0.2) is 0 Å². The van der Waals surface area contributed by atoms with Gasteiger partial charge < -0.3 is 5.32 Å². The molecule has 0 saturated carbocycles. The molecule has 1 heterocycles. The maximum atomic E-state index is 3.37. The van der Waals surface area contributed by atoms with Crippen molar-refractivity contribution in [1.82, 2.24) is 10.2 Å². The van der Waals surface area contributed by atoms with E-state index in [9.17, 15) is 0 Å². The molecular weight excluding hydrogens is 256 g/mol. The number of nitrogens with zero attached hydrogens (tertiary/aromatic N) is 1. The van der Waals surface area contributed by atoms with Crippen LogP contribution in [0.1, 0.15) is 31.4 Å². The second-order valence-corrected chi connectivity index (χ2v) is 5.92. The first-order chi connectivity index (χ1) is 8.67. The molecule has 3 heteroatoms. The molecule has 19 heavy (non-hydrogen) atoms. The zero-order chi connectivity index (χ0) is 13.0. The Morgan fingerprint density at radius 2 is 1.84 bits per heavy atom. The van der Waals surface area contributed by atoms with Crippen LogP contribution in [-0.2, 0) is 13.0 Å². The number of benzene rings is 1. The van der Waals surface area contributed by atoms with E-state index >= 15 is 0 Å². The molecule has 0 spiro atoms. The lowest BCUT2D eigenvalue weighted by Gasteiger charge is -2.16. The van der Waals surface area contributed by atoms with Gasteiger partial charge in [0, 0.05) is 25.7 Å². The molecule has 1 aliphatic heterocycles. The van der Waals surface area contributed by atoms with Crippen molar-refractivity contribution in [1.29, 1.82) is 0 Å². The first kappa shape index (κ1) is 16.5. The SMILES string of the molecule is CNC1CCN(Cc2ccc(CC(C)C)cc2)C1.Cl. The van der Waals surface area contributed by atoms with Crippen LogP contribution in [0.25, 0.3) is 0 Å². The number of nitrogens with one attached hydrogen (secondary N) is 1. The van der Waals surface area contributed by atoms with Crippen LogP contribution in [0.4, 0.5) is 0 Å². The van der Waals surface area contributed by atoms with E-state index in [-0.39, 0.29) is 12.4 Å². The minimum absolute atomic E-state index is 0. The first-order valence-corrected chi connectivity index (χ1v) is 7.15. The van der Waals surface area contributed by atoms with Crippen molar-refractivity contribution < 1.29 is 0 Å². The number of hydrogen-bond acceptors (Lipinski definition) is 2. The van der Waals surface area contributed by atoms with Gasteiger partial charge in [0.05, 0.1) is 0 Å². The summed E-state index contributed by atoms with van der Waals surface area (Å²) in [7, 11) is 2.06. The summed E-state index contributed by atoms with van der Waals surface area (Å²) in [5.74, 6) is 0.741. The Kier molecular flexibility index (Phi) is 6.84. The Labute approximate surface area is 124 Å². The van der Waals surface area contributed by atoms with Gasteiger partial charge in [0.25, 0.3) is 0 Å². The molecule has 0 radical (unpaired) electrons. The highest BCUT2D eigenvalue weighted by atomic mass is 35.5. The van der Waals surface area contributed by atoms with E-state index < -0.39 is 0 Å². The predicted octanol–water partition coefficient (Wildman–Crippen LogP) is 3.10. The molecule has 1 N–H and O–H groups in total. The van der Waals surface area contributed by atoms with Gasteiger partial charge in [-0.25, -0.2) is 0 Å². The van der Waals surface area contributed by atoms with Crippen molar-refractivity contribution >= 4 is 12.4 Å². The van der Waals surface area contributed by atoms with Crippen LogP contribution < -0.4 is 5.32 Å². The number of halogens is 1. The lowest BCUT2D eigenvalue weighted by Crippen LogP contribution is -2.29. The lowest BCUT2D eigenvalue weighted by atomic mass is 10.0. The molecule has 0 amide bonds. The van der Waals surface area contributed by atoms with Gasteiger partial charge in [-0.15, -0.1) is 12.4 Å². The number of rotatable bonds is 5. The van der Waals surface area contributed by atoms with Gasteiger partial charge in [0.2, 0.25) is 0 Å². The number of hydrogen-bond donors (Lipinski definition) is 1. The Morgan fingerprint density at radius 1 is 1.21 bits per heavy atom. The topological polar surface area (TPSA) is 15.3 Å². The van der Waals surface area contributed by atoms with Crippen LogP contribution in [0.2, 0.25) is 0 Å². The van der Waals surface area contributed by atoms with E-state index in [1.165, 1.54) is 37.1 Å². The molecule has 1 aromatic rings. The molecule has 2 rings (SSSR count). The van der Waals surface area contributed by atoms with Gasteiger partial charge in [-0.2, -0.15) is 0 Å². The average molecular weight is 283 g/mol. The second-order valence-electron chi connectivity index (χ2n) is 5.92. The van der Waals surface area contributed by atoms with Gasteiger partial charge in [-0.1, -0.05) is 38.1 Å².